The van der Waals surface area contributed by atoms with Crippen molar-refractivity contribution in [2.75, 3.05) is 12.5 Å². The van der Waals surface area contributed by atoms with Gasteiger partial charge in [0.1, 0.15) is 0 Å². The SMILES string of the molecule is COC(=O)c1ccccc1/C=N\Nc1ccc(S(=O)(=O)c2ccc(C)cc2)cc1. The molecule has 148 valence electrons. The van der Waals surface area contributed by atoms with Crippen LogP contribution in [0.25, 0.3) is 0 Å². The lowest BCUT2D eigenvalue weighted by Crippen LogP contribution is -2.05. The van der Waals surface area contributed by atoms with Gasteiger partial charge in [-0.15, -0.1) is 0 Å². The van der Waals surface area contributed by atoms with Crippen molar-refractivity contribution in [3.05, 3.63) is 89.5 Å². The number of ether oxygens (including phenoxy) is 1. The maximum atomic E-state index is 12.7. The average Bonchev–Trinajstić information content (AvgIpc) is 2.74. The molecule has 0 heterocycles. The zero-order valence-electron chi connectivity index (χ0n) is 16.0. The zero-order chi connectivity index (χ0) is 20.9. The summed E-state index contributed by atoms with van der Waals surface area (Å²) in [6.45, 7) is 1.90. The van der Waals surface area contributed by atoms with Crippen LogP contribution in [-0.2, 0) is 14.6 Å². The van der Waals surface area contributed by atoms with E-state index in [4.69, 9.17) is 4.74 Å². The summed E-state index contributed by atoms with van der Waals surface area (Å²) >= 11 is 0. The van der Waals surface area contributed by atoms with Crippen LogP contribution in [-0.4, -0.2) is 27.7 Å². The van der Waals surface area contributed by atoms with Crippen molar-refractivity contribution in [1.82, 2.24) is 0 Å². The molecule has 29 heavy (non-hydrogen) atoms. The molecule has 0 amide bonds. The van der Waals surface area contributed by atoms with Crippen molar-refractivity contribution in [3.8, 4) is 0 Å². The average molecular weight is 408 g/mol. The smallest absolute Gasteiger partial charge is 0.338 e. The predicted octanol–water partition coefficient (Wildman–Crippen LogP) is 4.06. The summed E-state index contributed by atoms with van der Waals surface area (Å²) in [7, 11) is -2.25. The van der Waals surface area contributed by atoms with Crippen LogP contribution in [0.2, 0.25) is 0 Å². The van der Waals surface area contributed by atoms with Gasteiger partial charge in [0.25, 0.3) is 0 Å². The highest BCUT2D eigenvalue weighted by Gasteiger charge is 2.17. The number of esters is 1. The van der Waals surface area contributed by atoms with Crippen LogP contribution in [0, 0.1) is 6.92 Å². The van der Waals surface area contributed by atoms with Crippen LogP contribution in [0.3, 0.4) is 0 Å². The Kier molecular flexibility index (Phi) is 6.09. The summed E-state index contributed by atoms with van der Waals surface area (Å²) in [5.41, 5.74) is 5.44. The molecule has 0 aromatic heterocycles. The molecule has 3 rings (SSSR count). The first-order valence-corrected chi connectivity index (χ1v) is 10.3. The van der Waals surface area contributed by atoms with E-state index in [-0.39, 0.29) is 9.79 Å². The van der Waals surface area contributed by atoms with Crippen molar-refractivity contribution in [1.29, 1.82) is 0 Å². The molecule has 0 aliphatic rings. The first-order chi connectivity index (χ1) is 13.9. The maximum Gasteiger partial charge on any atom is 0.338 e. The number of methoxy groups -OCH3 is 1. The van der Waals surface area contributed by atoms with E-state index in [0.29, 0.717) is 16.8 Å². The van der Waals surface area contributed by atoms with Crippen molar-refractivity contribution in [2.24, 2.45) is 5.10 Å². The number of carbonyl (C=O) groups is 1. The number of sulfone groups is 1. The Hall–Kier alpha value is -3.45. The van der Waals surface area contributed by atoms with Crippen LogP contribution >= 0.6 is 0 Å². The summed E-state index contributed by atoms with van der Waals surface area (Å²) in [4.78, 5) is 12.2. The van der Waals surface area contributed by atoms with E-state index in [1.165, 1.54) is 25.5 Å². The molecule has 6 nitrogen and oxygen atoms in total. The largest absolute Gasteiger partial charge is 0.465 e. The van der Waals surface area contributed by atoms with Gasteiger partial charge < -0.3 is 4.74 Å². The molecule has 0 unspecified atom stereocenters. The zero-order valence-corrected chi connectivity index (χ0v) is 16.8. The molecular formula is C22H20N2O4S. The number of aryl methyl sites for hydroxylation is 1. The highest BCUT2D eigenvalue weighted by Crippen LogP contribution is 2.22. The van der Waals surface area contributed by atoms with Gasteiger partial charge in [-0.1, -0.05) is 35.9 Å². The molecule has 0 radical (unpaired) electrons. The second kappa shape index (κ2) is 8.70. The van der Waals surface area contributed by atoms with Crippen LogP contribution in [0.5, 0.6) is 0 Å². The third-order valence-corrected chi connectivity index (χ3v) is 6.04. The van der Waals surface area contributed by atoms with Crippen LogP contribution in [0.1, 0.15) is 21.5 Å². The van der Waals surface area contributed by atoms with E-state index in [9.17, 15) is 13.2 Å². The third-order valence-electron chi connectivity index (χ3n) is 4.26. The minimum atomic E-state index is -3.57. The van der Waals surface area contributed by atoms with Crippen LogP contribution in [0.15, 0.2) is 87.7 Å². The molecule has 0 saturated heterocycles. The number of hydrogen-bond donors (Lipinski definition) is 1. The van der Waals surface area contributed by atoms with E-state index in [2.05, 4.69) is 10.5 Å². The molecule has 0 aliphatic carbocycles. The van der Waals surface area contributed by atoms with Crippen molar-refractivity contribution in [3.63, 3.8) is 0 Å². The number of hydrogen-bond acceptors (Lipinski definition) is 6. The Morgan fingerprint density at radius 3 is 2.14 bits per heavy atom. The minimum Gasteiger partial charge on any atom is -0.465 e. The molecular weight excluding hydrogens is 388 g/mol. The van der Waals surface area contributed by atoms with Crippen molar-refractivity contribution >= 4 is 27.7 Å². The number of carbonyl (C=O) groups excluding carboxylic acids is 1. The van der Waals surface area contributed by atoms with Gasteiger partial charge in [-0.3, -0.25) is 5.43 Å². The van der Waals surface area contributed by atoms with E-state index in [1.807, 2.05) is 6.92 Å². The maximum absolute atomic E-state index is 12.7. The predicted molar refractivity (Wildman–Crippen MR) is 112 cm³/mol. The lowest BCUT2D eigenvalue weighted by atomic mass is 10.1. The molecule has 7 heteroatoms. The molecule has 0 bridgehead atoms. The Morgan fingerprint density at radius 2 is 1.52 bits per heavy atom. The van der Waals surface area contributed by atoms with E-state index in [0.717, 1.165) is 5.56 Å². The summed E-state index contributed by atoms with van der Waals surface area (Å²) in [5.74, 6) is -0.447. The Morgan fingerprint density at radius 1 is 0.931 bits per heavy atom. The quantitative estimate of drug-likeness (QED) is 0.378. The third kappa shape index (κ3) is 4.70. The van der Waals surface area contributed by atoms with E-state index >= 15 is 0 Å². The first-order valence-electron chi connectivity index (χ1n) is 8.80. The Labute approximate surface area is 169 Å². The molecule has 0 atom stereocenters. The van der Waals surface area contributed by atoms with Crippen LogP contribution < -0.4 is 5.43 Å². The molecule has 1 N–H and O–H groups in total. The fourth-order valence-corrected chi connectivity index (χ4v) is 3.90. The van der Waals surface area contributed by atoms with Gasteiger partial charge in [0.15, 0.2) is 0 Å². The monoisotopic (exact) mass is 408 g/mol. The molecule has 3 aromatic rings. The summed E-state index contributed by atoms with van der Waals surface area (Å²) in [6.07, 6.45) is 1.50. The lowest BCUT2D eigenvalue weighted by molar-refractivity contribution is 0.0600. The normalized spacial score (nSPS) is 11.4. The summed E-state index contributed by atoms with van der Waals surface area (Å²) in [6, 6.07) is 20.0. The van der Waals surface area contributed by atoms with Gasteiger partial charge in [0, 0.05) is 5.56 Å². The number of hydrazone groups is 1. The number of anilines is 1. The van der Waals surface area contributed by atoms with Gasteiger partial charge in [0.2, 0.25) is 9.84 Å². The van der Waals surface area contributed by atoms with Crippen LogP contribution in [0.4, 0.5) is 5.69 Å². The molecule has 0 fully saturated rings. The Balaban J connectivity index is 1.74. The number of rotatable bonds is 6. The second-order valence-electron chi connectivity index (χ2n) is 6.29. The van der Waals surface area contributed by atoms with E-state index < -0.39 is 15.8 Å². The highest BCUT2D eigenvalue weighted by atomic mass is 32.2. The Bertz CT molecular complexity index is 1140. The van der Waals surface area contributed by atoms with Gasteiger partial charge in [-0.25, -0.2) is 13.2 Å². The van der Waals surface area contributed by atoms with Gasteiger partial charge in [-0.2, -0.15) is 5.10 Å². The number of benzene rings is 3. The van der Waals surface area contributed by atoms with Crippen molar-refractivity contribution < 1.29 is 17.9 Å². The molecule has 0 aliphatic heterocycles. The molecule has 0 spiro atoms. The molecule has 3 aromatic carbocycles. The van der Waals surface area contributed by atoms with E-state index in [1.54, 1.807) is 60.7 Å². The fraction of sp³-hybridized carbons (Fsp3) is 0.0909. The topological polar surface area (TPSA) is 84.8 Å². The van der Waals surface area contributed by atoms with Gasteiger partial charge >= 0.3 is 5.97 Å². The number of nitrogens with zero attached hydrogens (tertiary/aromatic N) is 1. The molecule has 0 saturated carbocycles. The summed E-state index contributed by atoms with van der Waals surface area (Å²) < 4.78 is 30.1. The fourth-order valence-electron chi connectivity index (χ4n) is 2.64. The van der Waals surface area contributed by atoms with Crippen molar-refractivity contribution in [2.45, 2.75) is 16.7 Å². The lowest BCUT2D eigenvalue weighted by Gasteiger charge is -2.07. The van der Waals surface area contributed by atoms with Gasteiger partial charge in [-0.05, 0) is 49.4 Å². The number of nitrogens with one attached hydrogen (secondary N) is 1. The first kappa shape index (κ1) is 20.3. The standard InChI is InChI=1S/C22H20N2O4S/c1-16-7-11-19(12-8-16)29(26,27)20-13-9-18(10-14-20)24-23-15-17-5-3-4-6-21(17)22(25)28-2/h3-15,24H,1-2H3/b23-15-. The minimum absolute atomic E-state index is 0.201. The summed E-state index contributed by atoms with van der Waals surface area (Å²) in [5, 5.41) is 4.12. The van der Waals surface area contributed by atoms with Gasteiger partial charge in [0.05, 0.1) is 34.4 Å². The second-order valence-corrected chi connectivity index (χ2v) is 8.24. The highest BCUT2D eigenvalue weighted by molar-refractivity contribution is 7.91.